The smallest absolute Gasteiger partial charge is 0.0402 e. The number of pyridine rings is 1. The van der Waals surface area contributed by atoms with Crippen molar-refractivity contribution in [2.75, 3.05) is 5.75 Å². The molecule has 16 heavy (non-hydrogen) atoms. The minimum Gasteiger partial charge on any atom is -0.323 e. The lowest BCUT2D eigenvalue weighted by atomic mass is 10.0. The molecular weight excluding hydrogens is 216 g/mol. The third-order valence-corrected chi connectivity index (χ3v) is 4.67. The number of thioether (sulfide) groups is 1. The average molecular weight is 236 g/mol. The Morgan fingerprint density at radius 1 is 1.38 bits per heavy atom. The quantitative estimate of drug-likeness (QED) is 0.873. The highest BCUT2D eigenvalue weighted by molar-refractivity contribution is 7.99. The number of nitrogens with two attached hydrogens (primary N) is 1. The van der Waals surface area contributed by atoms with Gasteiger partial charge in [-0.05, 0) is 24.5 Å². The fourth-order valence-electron chi connectivity index (χ4n) is 2.16. The molecule has 1 saturated carbocycles. The lowest BCUT2D eigenvalue weighted by Gasteiger charge is -2.22. The monoisotopic (exact) mass is 236 g/mol. The number of nitrogens with zero attached hydrogens (tertiary/aromatic N) is 1. The highest BCUT2D eigenvalue weighted by atomic mass is 32.2. The van der Waals surface area contributed by atoms with Crippen LogP contribution < -0.4 is 5.73 Å². The molecule has 1 atom stereocenters. The molecule has 2 nitrogen and oxygen atoms in total. The topological polar surface area (TPSA) is 38.9 Å². The van der Waals surface area contributed by atoms with Crippen molar-refractivity contribution in [3.05, 3.63) is 30.1 Å². The zero-order valence-corrected chi connectivity index (χ0v) is 10.5. The average Bonchev–Trinajstić information content (AvgIpc) is 2.38. The van der Waals surface area contributed by atoms with E-state index in [0.717, 1.165) is 16.6 Å². The summed E-state index contributed by atoms with van der Waals surface area (Å²) in [5, 5.41) is 0.844. The minimum absolute atomic E-state index is 0.139. The lowest BCUT2D eigenvalue weighted by Crippen LogP contribution is -2.17. The normalized spacial score (nSPS) is 19.6. The maximum atomic E-state index is 6.15. The summed E-state index contributed by atoms with van der Waals surface area (Å²) in [6.45, 7) is 0. The first-order chi connectivity index (χ1) is 7.86. The zero-order chi connectivity index (χ0) is 11.2. The second-order valence-electron chi connectivity index (χ2n) is 4.49. The van der Waals surface area contributed by atoms with Gasteiger partial charge in [0, 0.05) is 29.4 Å². The molecule has 2 rings (SSSR count). The molecule has 1 aromatic heterocycles. The molecule has 1 aliphatic rings. The van der Waals surface area contributed by atoms with E-state index < -0.39 is 0 Å². The Kier molecular flexibility index (Phi) is 4.67. The summed E-state index contributed by atoms with van der Waals surface area (Å²) in [7, 11) is 0. The summed E-state index contributed by atoms with van der Waals surface area (Å²) < 4.78 is 0. The molecule has 88 valence electrons. The predicted octanol–water partition coefficient (Wildman–Crippen LogP) is 3.15. The van der Waals surface area contributed by atoms with E-state index in [4.69, 9.17) is 5.73 Å². The van der Waals surface area contributed by atoms with Crippen molar-refractivity contribution in [2.45, 2.75) is 43.4 Å². The Hall–Kier alpha value is -0.540. The van der Waals surface area contributed by atoms with E-state index in [1.165, 1.54) is 32.1 Å². The van der Waals surface area contributed by atoms with Gasteiger partial charge in [0.05, 0.1) is 0 Å². The van der Waals surface area contributed by atoms with E-state index in [1.807, 2.05) is 24.0 Å². The molecule has 1 aromatic rings. The van der Waals surface area contributed by atoms with Gasteiger partial charge in [-0.15, -0.1) is 0 Å². The molecule has 0 bridgehead atoms. The minimum atomic E-state index is 0.139. The molecule has 1 heterocycles. The van der Waals surface area contributed by atoms with Crippen LogP contribution in [0.3, 0.4) is 0 Å². The summed E-state index contributed by atoms with van der Waals surface area (Å²) in [4.78, 5) is 4.11. The maximum absolute atomic E-state index is 6.15. The van der Waals surface area contributed by atoms with Crippen molar-refractivity contribution < 1.29 is 0 Å². The maximum Gasteiger partial charge on any atom is 0.0402 e. The van der Waals surface area contributed by atoms with E-state index in [2.05, 4.69) is 11.1 Å². The molecular formula is C13H20N2S. The standard InChI is InChI=1S/C13H20N2S/c14-13(11-5-4-8-15-9-11)10-16-12-6-2-1-3-7-12/h4-5,8-9,12-13H,1-3,6-7,10,14H2. The summed E-state index contributed by atoms with van der Waals surface area (Å²) in [5.74, 6) is 1.02. The third kappa shape index (κ3) is 3.49. The van der Waals surface area contributed by atoms with Crippen LogP contribution in [0.5, 0.6) is 0 Å². The summed E-state index contributed by atoms with van der Waals surface area (Å²) in [6.07, 6.45) is 10.7. The SMILES string of the molecule is NC(CSC1CCCCC1)c1cccnc1. The summed E-state index contributed by atoms with van der Waals surface area (Å²) in [5.41, 5.74) is 7.31. The van der Waals surface area contributed by atoms with Crippen LogP contribution in [0.15, 0.2) is 24.5 Å². The van der Waals surface area contributed by atoms with Gasteiger partial charge < -0.3 is 5.73 Å². The van der Waals surface area contributed by atoms with Gasteiger partial charge in [0.25, 0.3) is 0 Å². The van der Waals surface area contributed by atoms with E-state index >= 15 is 0 Å². The van der Waals surface area contributed by atoms with Crippen LogP contribution in [-0.2, 0) is 0 Å². The van der Waals surface area contributed by atoms with Crippen LogP contribution in [-0.4, -0.2) is 16.0 Å². The van der Waals surface area contributed by atoms with Gasteiger partial charge in [-0.2, -0.15) is 11.8 Å². The van der Waals surface area contributed by atoms with Crippen molar-refractivity contribution in [3.8, 4) is 0 Å². The third-order valence-electron chi connectivity index (χ3n) is 3.18. The molecule has 1 fully saturated rings. The molecule has 3 heteroatoms. The van der Waals surface area contributed by atoms with Crippen LogP contribution in [0.2, 0.25) is 0 Å². The van der Waals surface area contributed by atoms with E-state index in [0.29, 0.717) is 0 Å². The van der Waals surface area contributed by atoms with E-state index in [9.17, 15) is 0 Å². The number of hydrogen-bond acceptors (Lipinski definition) is 3. The second-order valence-corrected chi connectivity index (χ2v) is 5.82. The van der Waals surface area contributed by atoms with Gasteiger partial charge in [0.2, 0.25) is 0 Å². The van der Waals surface area contributed by atoms with Crippen molar-refractivity contribution in [1.82, 2.24) is 4.98 Å². The zero-order valence-electron chi connectivity index (χ0n) is 9.64. The van der Waals surface area contributed by atoms with Gasteiger partial charge in [0.15, 0.2) is 0 Å². The molecule has 0 saturated heterocycles. The van der Waals surface area contributed by atoms with Crippen molar-refractivity contribution >= 4 is 11.8 Å². The molecule has 0 spiro atoms. The number of rotatable bonds is 4. The molecule has 1 unspecified atom stereocenters. The molecule has 0 aromatic carbocycles. The van der Waals surface area contributed by atoms with Crippen LogP contribution in [0, 0.1) is 0 Å². The second kappa shape index (κ2) is 6.26. The number of aromatic nitrogens is 1. The molecule has 2 N–H and O–H groups in total. The Morgan fingerprint density at radius 2 is 2.19 bits per heavy atom. The lowest BCUT2D eigenvalue weighted by molar-refractivity contribution is 0.515. The van der Waals surface area contributed by atoms with E-state index in [1.54, 1.807) is 6.20 Å². The molecule has 0 aliphatic heterocycles. The Labute approximate surface area is 102 Å². The van der Waals surface area contributed by atoms with Crippen LogP contribution in [0.4, 0.5) is 0 Å². The Bertz CT molecular complexity index is 296. The van der Waals surface area contributed by atoms with E-state index in [-0.39, 0.29) is 6.04 Å². The van der Waals surface area contributed by atoms with Crippen molar-refractivity contribution in [1.29, 1.82) is 0 Å². The first-order valence-electron chi connectivity index (χ1n) is 6.13. The molecule has 0 radical (unpaired) electrons. The first-order valence-corrected chi connectivity index (χ1v) is 7.18. The fourth-order valence-corrected chi connectivity index (χ4v) is 3.50. The highest BCUT2D eigenvalue weighted by Crippen LogP contribution is 2.30. The number of hydrogen-bond donors (Lipinski definition) is 1. The van der Waals surface area contributed by atoms with Crippen LogP contribution in [0.1, 0.15) is 43.7 Å². The van der Waals surface area contributed by atoms with Gasteiger partial charge in [-0.3, -0.25) is 4.98 Å². The Morgan fingerprint density at radius 3 is 2.88 bits per heavy atom. The predicted molar refractivity (Wildman–Crippen MR) is 70.5 cm³/mol. The van der Waals surface area contributed by atoms with Gasteiger partial charge >= 0.3 is 0 Å². The molecule has 1 aliphatic carbocycles. The fraction of sp³-hybridized carbons (Fsp3) is 0.615. The summed E-state index contributed by atoms with van der Waals surface area (Å²) in [6, 6.07) is 4.17. The van der Waals surface area contributed by atoms with Crippen molar-refractivity contribution in [2.24, 2.45) is 5.73 Å². The largest absolute Gasteiger partial charge is 0.323 e. The Balaban J connectivity index is 1.77. The molecule has 0 amide bonds. The van der Waals surface area contributed by atoms with Gasteiger partial charge in [-0.25, -0.2) is 0 Å². The summed E-state index contributed by atoms with van der Waals surface area (Å²) >= 11 is 2.05. The highest BCUT2D eigenvalue weighted by Gasteiger charge is 2.15. The van der Waals surface area contributed by atoms with Gasteiger partial charge in [-0.1, -0.05) is 25.3 Å². The van der Waals surface area contributed by atoms with Crippen LogP contribution >= 0.6 is 11.8 Å². The van der Waals surface area contributed by atoms with Crippen LogP contribution in [0.25, 0.3) is 0 Å². The van der Waals surface area contributed by atoms with Gasteiger partial charge in [0.1, 0.15) is 0 Å². The van der Waals surface area contributed by atoms with Crippen molar-refractivity contribution in [3.63, 3.8) is 0 Å². The first kappa shape index (κ1) is 11.9.